The summed E-state index contributed by atoms with van der Waals surface area (Å²) in [5.41, 5.74) is -1.03. The van der Waals surface area contributed by atoms with Crippen LogP contribution in [-0.2, 0) is 18.3 Å². The number of pyridine rings is 2. The van der Waals surface area contributed by atoms with Crippen molar-refractivity contribution in [2.24, 2.45) is 7.05 Å². The molecule has 8 nitrogen and oxygen atoms in total. The summed E-state index contributed by atoms with van der Waals surface area (Å²) in [4.78, 5) is 32.5. The number of alkyl carbamates (subject to hydrolysis) is 1. The van der Waals surface area contributed by atoms with E-state index in [9.17, 15) is 18.4 Å². The monoisotopic (exact) mass is 473 g/mol. The highest BCUT2D eigenvalue weighted by Crippen LogP contribution is 2.34. The SMILES string of the molecule is Cn1c(=O)n(CCNC(=O)OC(C)(C)C)c2c3c(F)c(-c4ccc(F)nc4)c(F)cc3ncc21. The number of fused-ring (bicyclic) bond motifs is 3. The maximum atomic E-state index is 15.8. The largest absolute Gasteiger partial charge is 0.444 e. The lowest BCUT2D eigenvalue weighted by Gasteiger charge is -2.19. The first-order chi connectivity index (χ1) is 16.0. The summed E-state index contributed by atoms with van der Waals surface area (Å²) < 4.78 is 51.6. The molecule has 0 bridgehead atoms. The third-order valence-corrected chi connectivity index (χ3v) is 5.17. The van der Waals surface area contributed by atoms with Gasteiger partial charge in [-0.2, -0.15) is 4.39 Å². The van der Waals surface area contributed by atoms with Gasteiger partial charge in [0.05, 0.1) is 33.7 Å². The van der Waals surface area contributed by atoms with Crippen LogP contribution in [0.15, 0.2) is 35.4 Å². The summed E-state index contributed by atoms with van der Waals surface area (Å²) in [6.45, 7) is 5.18. The Balaban J connectivity index is 1.84. The Morgan fingerprint density at radius 3 is 2.53 bits per heavy atom. The minimum absolute atomic E-state index is 0.000715. The summed E-state index contributed by atoms with van der Waals surface area (Å²) in [6, 6.07) is 3.27. The molecule has 0 unspecified atom stereocenters. The number of aromatic nitrogens is 4. The minimum atomic E-state index is -0.957. The predicted molar refractivity (Wildman–Crippen MR) is 120 cm³/mol. The van der Waals surface area contributed by atoms with E-state index in [-0.39, 0.29) is 35.1 Å². The Kier molecular flexibility index (Phi) is 5.80. The van der Waals surface area contributed by atoms with Crippen LogP contribution in [0.4, 0.5) is 18.0 Å². The van der Waals surface area contributed by atoms with Crippen molar-refractivity contribution in [1.82, 2.24) is 24.4 Å². The zero-order valence-electron chi connectivity index (χ0n) is 18.9. The first-order valence-corrected chi connectivity index (χ1v) is 10.4. The van der Waals surface area contributed by atoms with Crippen LogP contribution in [0.3, 0.4) is 0 Å². The number of halogens is 3. The molecule has 0 fully saturated rings. The molecule has 4 aromatic rings. The van der Waals surface area contributed by atoms with Crippen LogP contribution in [0, 0.1) is 17.6 Å². The third kappa shape index (κ3) is 4.20. The summed E-state index contributed by atoms with van der Waals surface area (Å²) in [5.74, 6) is -2.65. The Morgan fingerprint density at radius 1 is 1.15 bits per heavy atom. The summed E-state index contributed by atoms with van der Waals surface area (Å²) in [5, 5.41) is 2.48. The Hall–Kier alpha value is -3.89. The van der Waals surface area contributed by atoms with Gasteiger partial charge in [-0.3, -0.25) is 14.1 Å². The molecule has 0 atom stereocenters. The maximum absolute atomic E-state index is 15.8. The second kappa shape index (κ2) is 8.47. The Morgan fingerprint density at radius 2 is 1.88 bits per heavy atom. The fourth-order valence-corrected chi connectivity index (χ4v) is 3.73. The summed E-state index contributed by atoms with van der Waals surface area (Å²) in [7, 11) is 1.50. The molecular weight excluding hydrogens is 451 g/mol. The van der Waals surface area contributed by atoms with Crippen molar-refractivity contribution in [3.8, 4) is 11.1 Å². The molecule has 0 aliphatic heterocycles. The highest BCUT2D eigenvalue weighted by molar-refractivity contribution is 6.04. The molecule has 11 heteroatoms. The molecule has 4 rings (SSSR count). The number of benzene rings is 1. The van der Waals surface area contributed by atoms with Crippen molar-refractivity contribution in [3.63, 3.8) is 0 Å². The van der Waals surface area contributed by atoms with Crippen molar-refractivity contribution >= 4 is 28.0 Å². The zero-order chi connectivity index (χ0) is 24.8. The molecule has 3 heterocycles. The van der Waals surface area contributed by atoms with Gasteiger partial charge in [0, 0.05) is 38.0 Å². The van der Waals surface area contributed by atoms with Crippen LogP contribution in [-0.4, -0.2) is 37.3 Å². The van der Waals surface area contributed by atoms with Gasteiger partial charge in [-0.15, -0.1) is 0 Å². The highest BCUT2D eigenvalue weighted by atomic mass is 19.1. The van der Waals surface area contributed by atoms with E-state index in [0.29, 0.717) is 5.52 Å². The third-order valence-electron chi connectivity index (χ3n) is 5.17. The number of aryl methyl sites for hydroxylation is 1. The minimum Gasteiger partial charge on any atom is -0.444 e. The number of nitrogens with one attached hydrogen (secondary N) is 1. The average molecular weight is 473 g/mol. The molecule has 0 saturated carbocycles. The standard InChI is InChI=1S/C23H22F3N5O3/c1-23(2,3)34-21(32)27-7-8-31-20-15(30(4)22(31)33)11-28-14-9-13(24)17(19(26)18(14)20)12-5-6-16(25)29-10-12/h5-6,9-11H,7-8H2,1-4H3,(H,27,32). The number of carbonyl (C=O) groups excluding carboxylic acids is 1. The number of hydrogen-bond donors (Lipinski definition) is 1. The Bertz CT molecular complexity index is 1470. The van der Waals surface area contributed by atoms with E-state index >= 15 is 4.39 Å². The van der Waals surface area contributed by atoms with E-state index in [1.165, 1.54) is 28.4 Å². The smallest absolute Gasteiger partial charge is 0.407 e. The number of hydrogen-bond acceptors (Lipinski definition) is 5. The molecule has 0 aliphatic rings. The molecule has 0 saturated heterocycles. The van der Waals surface area contributed by atoms with E-state index in [0.717, 1.165) is 18.3 Å². The lowest BCUT2D eigenvalue weighted by Crippen LogP contribution is -2.35. The first-order valence-electron chi connectivity index (χ1n) is 10.4. The van der Waals surface area contributed by atoms with Gasteiger partial charge in [-0.25, -0.2) is 23.4 Å². The number of carbonyl (C=O) groups is 1. The molecule has 1 N–H and O–H groups in total. The lowest BCUT2D eigenvalue weighted by molar-refractivity contribution is 0.0526. The van der Waals surface area contributed by atoms with Gasteiger partial charge < -0.3 is 10.1 Å². The fourth-order valence-electron chi connectivity index (χ4n) is 3.73. The van der Waals surface area contributed by atoms with Crippen molar-refractivity contribution in [2.45, 2.75) is 32.9 Å². The number of imidazole rings is 1. The van der Waals surface area contributed by atoms with E-state index in [1.54, 1.807) is 20.8 Å². The molecule has 34 heavy (non-hydrogen) atoms. The van der Waals surface area contributed by atoms with Crippen molar-refractivity contribution < 1.29 is 22.7 Å². The molecule has 1 aromatic carbocycles. The van der Waals surface area contributed by atoms with Crippen molar-refractivity contribution in [1.29, 1.82) is 0 Å². The highest BCUT2D eigenvalue weighted by Gasteiger charge is 2.23. The van der Waals surface area contributed by atoms with Crippen molar-refractivity contribution in [3.05, 3.63) is 58.7 Å². The zero-order valence-corrected chi connectivity index (χ0v) is 18.9. The van der Waals surface area contributed by atoms with E-state index in [4.69, 9.17) is 4.74 Å². The van der Waals surface area contributed by atoms with Crippen LogP contribution >= 0.6 is 0 Å². The van der Waals surface area contributed by atoms with Gasteiger partial charge in [-0.1, -0.05) is 0 Å². The summed E-state index contributed by atoms with van der Waals surface area (Å²) in [6.07, 6.45) is 1.72. The van der Waals surface area contributed by atoms with Gasteiger partial charge in [0.1, 0.15) is 17.2 Å². The van der Waals surface area contributed by atoms with E-state index < -0.39 is 40.5 Å². The van der Waals surface area contributed by atoms with E-state index in [2.05, 4.69) is 15.3 Å². The van der Waals surface area contributed by atoms with Gasteiger partial charge in [-0.05, 0) is 32.9 Å². The molecule has 3 aromatic heterocycles. The quantitative estimate of drug-likeness (QED) is 0.454. The second-order valence-corrected chi connectivity index (χ2v) is 8.73. The molecule has 178 valence electrons. The summed E-state index contributed by atoms with van der Waals surface area (Å²) >= 11 is 0. The van der Waals surface area contributed by atoms with E-state index in [1.807, 2.05) is 0 Å². The first kappa shape index (κ1) is 23.3. The number of rotatable bonds is 4. The van der Waals surface area contributed by atoms with Crippen molar-refractivity contribution in [2.75, 3.05) is 6.54 Å². The van der Waals surface area contributed by atoms with Crippen LogP contribution < -0.4 is 11.0 Å². The fraction of sp³-hybridized carbons (Fsp3) is 0.304. The van der Waals surface area contributed by atoms with Crippen LogP contribution in [0.1, 0.15) is 20.8 Å². The van der Waals surface area contributed by atoms with Crippen LogP contribution in [0.25, 0.3) is 33.1 Å². The second-order valence-electron chi connectivity index (χ2n) is 8.73. The van der Waals surface area contributed by atoms with Gasteiger partial charge >= 0.3 is 11.8 Å². The van der Waals surface area contributed by atoms with Crippen LogP contribution in [0.2, 0.25) is 0 Å². The topological polar surface area (TPSA) is 91.0 Å². The molecular formula is C23H22F3N5O3. The average Bonchev–Trinajstić information content (AvgIpc) is 2.98. The number of ether oxygens (including phenoxy) is 1. The number of amides is 1. The molecule has 0 radical (unpaired) electrons. The van der Waals surface area contributed by atoms with Gasteiger partial charge in [0.25, 0.3) is 0 Å². The normalized spacial score (nSPS) is 11.9. The molecule has 0 aliphatic carbocycles. The lowest BCUT2D eigenvalue weighted by atomic mass is 10.0. The molecule has 1 amide bonds. The Labute approximate surface area is 192 Å². The number of nitrogens with zero attached hydrogens (tertiary/aromatic N) is 4. The maximum Gasteiger partial charge on any atom is 0.407 e. The van der Waals surface area contributed by atoms with Crippen LogP contribution in [0.5, 0.6) is 0 Å². The van der Waals surface area contributed by atoms with Gasteiger partial charge in [0.15, 0.2) is 0 Å². The van der Waals surface area contributed by atoms with Gasteiger partial charge in [0.2, 0.25) is 5.95 Å². The predicted octanol–water partition coefficient (Wildman–Crippen LogP) is 3.89. The molecule has 0 spiro atoms.